The summed E-state index contributed by atoms with van der Waals surface area (Å²) in [4.78, 5) is 22.6. The van der Waals surface area contributed by atoms with E-state index in [1.54, 1.807) is 0 Å². The average Bonchev–Trinajstić information content (AvgIpc) is 3.07. The molecule has 0 atom stereocenters. The Morgan fingerprint density at radius 1 is 1.29 bits per heavy atom. The summed E-state index contributed by atoms with van der Waals surface area (Å²) in [6.45, 7) is 1.63. The zero-order chi connectivity index (χ0) is 20.3. The van der Waals surface area contributed by atoms with Crippen molar-refractivity contribution in [2.75, 3.05) is 13.4 Å². The summed E-state index contributed by atoms with van der Waals surface area (Å²) in [6, 6.07) is 6.39. The number of amides is 1. The van der Waals surface area contributed by atoms with Crippen molar-refractivity contribution in [1.82, 2.24) is 5.43 Å². The second-order valence-electron chi connectivity index (χ2n) is 5.66. The normalized spacial score (nSPS) is 12.2. The molecule has 11 heteroatoms. The van der Waals surface area contributed by atoms with Gasteiger partial charge >= 0.3 is 0 Å². The molecule has 2 aromatic carbocycles. The number of nitrogens with one attached hydrogen (secondary N) is 1. The summed E-state index contributed by atoms with van der Waals surface area (Å²) >= 11 is 6.75. The van der Waals surface area contributed by atoms with Crippen LogP contribution in [0, 0.1) is 17.0 Å². The van der Waals surface area contributed by atoms with Crippen molar-refractivity contribution in [3.63, 3.8) is 0 Å². The molecule has 28 heavy (non-hydrogen) atoms. The molecule has 0 aliphatic carbocycles. The van der Waals surface area contributed by atoms with E-state index in [0.717, 1.165) is 11.8 Å². The Kier molecular flexibility index (Phi) is 6.15. The van der Waals surface area contributed by atoms with Gasteiger partial charge < -0.3 is 14.2 Å². The van der Waals surface area contributed by atoms with Crippen LogP contribution in [0.3, 0.4) is 0 Å². The number of benzene rings is 2. The monoisotopic (exact) mass is 513 g/mol. The van der Waals surface area contributed by atoms with Crippen LogP contribution >= 0.6 is 31.9 Å². The SMILES string of the molecule is Cc1cc(Br)c(OCC(=O)NN=Cc2cc3c(cc2[N+](=O)[O-])OCO3)c(Br)c1. The lowest BCUT2D eigenvalue weighted by Crippen LogP contribution is -2.24. The van der Waals surface area contributed by atoms with Gasteiger partial charge in [-0.05, 0) is 62.5 Å². The summed E-state index contributed by atoms with van der Waals surface area (Å²) in [6.07, 6.45) is 1.16. The van der Waals surface area contributed by atoms with Crippen molar-refractivity contribution in [1.29, 1.82) is 0 Å². The van der Waals surface area contributed by atoms with Gasteiger partial charge in [-0.2, -0.15) is 5.10 Å². The molecule has 0 aromatic heterocycles. The predicted octanol–water partition coefficient (Wildman–Crippen LogP) is 3.69. The van der Waals surface area contributed by atoms with E-state index in [1.807, 2.05) is 19.1 Å². The number of nitro benzene ring substituents is 1. The van der Waals surface area contributed by atoms with E-state index in [2.05, 4.69) is 42.4 Å². The van der Waals surface area contributed by atoms with Gasteiger partial charge in [0.15, 0.2) is 18.1 Å². The molecule has 1 amide bonds. The smallest absolute Gasteiger partial charge is 0.282 e. The highest BCUT2D eigenvalue weighted by atomic mass is 79.9. The minimum Gasteiger partial charge on any atom is -0.481 e. The summed E-state index contributed by atoms with van der Waals surface area (Å²) in [5.74, 6) is 0.612. The summed E-state index contributed by atoms with van der Waals surface area (Å²) < 4.78 is 17.2. The molecule has 2 aromatic rings. The number of ether oxygens (including phenoxy) is 3. The summed E-state index contributed by atoms with van der Waals surface area (Å²) in [5.41, 5.74) is 3.23. The Balaban J connectivity index is 1.64. The van der Waals surface area contributed by atoms with E-state index < -0.39 is 10.8 Å². The lowest BCUT2D eigenvalue weighted by atomic mass is 10.1. The van der Waals surface area contributed by atoms with Crippen LogP contribution in [-0.4, -0.2) is 30.4 Å². The highest BCUT2D eigenvalue weighted by Crippen LogP contribution is 2.37. The first kappa shape index (κ1) is 20.1. The van der Waals surface area contributed by atoms with Gasteiger partial charge in [-0.25, -0.2) is 5.43 Å². The van der Waals surface area contributed by atoms with Crippen molar-refractivity contribution in [2.45, 2.75) is 6.92 Å². The third kappa shape index (κ3) is 4.60. The second kappa shape index (κ2) is 8.57. The van der Waals surface area contributed by atoms with Crippen LogP contribution in [0.15, 0.2) is 38.3 Å². The maximum atomic E-state index is 11.9. The fourth-order valence-corrected chi connectivity index (χ4v) is 4.02. The molecular weight excluding hydrogens is 502 g/mol. The van der Waals surface area contributed by atoms with Gasteiger partial charge in [0.2, 0.25) is 6.79 Å². The number of hydrogen-bond donors (Lipinski definition) is 1. The van der Waals surface area contributed by atoms with Gasteiger partial charge in [0, 0.05) is 0 Å². The molecule has 1 aliphatic heterocycles. The first-order valence-corrected chi connectivity index (χ1v) is 9.42. The molecule has 0 bridgehead atoms. The summed E-state index contributed by atoms with van der Waals surface area (Å²) in [5, 5.41) is 14.9. The highest BCUT2D eigenvalue weighted by molar-refractivity contribution is 9.11. The predicted molar refractivity (Wildman–Crippen MR) is 107 cm³/mol. The number of hydrazone groups is 1. The molecule has 1 aliphatic rings. The van der Waals surface area contributed by atoms with Gasteiger partial charge in [0.25, 0.3) is 11.6 Å². The van der Waals surface area contributed by atoms with Gasteiger partial charge in [0.1, 0.15) is 5.75 Å². The lowest BCUT2D eigenvalue weighted by Gasteiger charge is -2.10. The molecule has 0 fully saturated rings. The van der Waals surface area contributed by atoms with Gasteiger partial charge in [-0.15, -0.1) is 0 Å². The Bertz CT molecular complexity index is 957. The Morgan fingerprint density at radius 2 is 1.93 bits per heavy atom. The fourth-order valence-electron chi connectivity index (χ4n) is 2.38. The van der Waals surface area contributed by atoms with E-state index in [4.69, 9.17) is 14.2 Å². The van der Waals surface area contributed by atoms with Crippen LogP contribution in [0.25, 0.3) is 0 Å². The van der Waals surface area contributed by atoms with Crippen molar-refractivity contribution in [3.8, 4) is 17.2 Å². The second-order valence-corrected chi connectivity index (χ2v) is 7.37. The van der Waals surface area contributed by atoms with Crippen molar-refractivity contribution in [2.24, 2.45) is 5.10 Å². The van der Waals surface area contributed by atoms with Crippen LogP contribution in [0.5, 0.6) is 17.2 Å². The zero-order valence-electron chi connectivity index (χ0n) is 14.4. The molecule has 1 N–H and O–H groups in total. The number of carbonyl (C=O) groups excluding carboxylic acids is 1. The van der Waals surface area contributed by atoms with Gasteiger partial charge in [-0.1, -0.05) is 0 Å². The van der Waals surface area contributed by atoms with Crippen LogP contribution < -0.4 is 19.6 Å². The Hall–Kier alpha value is -2.66. The third-order valence-corrected chi connectivity index (χ3v) is 4.78. The minimum atomic E-state index is -0.569. The first-order valence-electron chi connectivity index (χ1n) is 7.83. The largest absolute Gasteiger partial charge is 0.481 e. The van der Waals surface area contributed by atoms with E-state index in [-0.39, 0.29) is 30.4 Å². The number of carbonyl (C=O) groups is 1. The fraction of sp³-hybridized carbons (Fsp3) is 0.176. The molecule has 3 rings (SSSR count). The van der Waals surface area contributed by atoms with E-state index in [0.29, 0.717) is 20.4 Å². The molecule has 0 saturated heterocycles. The quantitative estimate of drug-likeness (QED) is 0.357. The number of nitro groups is 1. The van der Waals surface area contributed by atoms with E-state index in [9.17, 15) is 14.9 Å². The first-order chi connectivity index (χ1) is 13.3. The number of hydrogen-bond acceptors (Lipinski definition) is 7. The molecule has 146 valence electrons. The van der Waals surface area contributed by atoms with E-state index >= 15 is 0 Å². The van der Waals surface area contributed by atoms with Crippen LogP contribution in [0.2, 0.25) is 0 Å². The Labute approximate surface area is 176 Å². The molecule has 0 radical (unpaired) electrons. The Morgan fingerprint density at radius 3 is 2.57 bits per heavy atom. The lowest BCUT2D eigenvalue weighted by molar-refractivity contribution is -0.385. The average molecular weight is 515 g/mol. The molecule has 1 heterocycles. The standard InChI is InChI=1S/C17H13Br2N3O6/c1-9-2-11(18)17(12(19)3-9)26-7-16(23)21-20-6-10-4-14-15(28-8-27-14)5-13(10)22(24)25/h2-6H,7-8H2,1H3,(H,21,23). The molecular formula is C17H13Br2N3O6. The zero-order valence-corrected chi connectivity index (χ0v) is 17.6. The summed E-state index contributed by atoms with van der Waals surface area (Å²) in [7, 11) is 0. The molecule has 9 nitrogen and oxygen atoms in total. The molecule has 0 spiro atoms. The molecule has 0 saturated carbocycles. The number of halogens is 2. The van der Waals surface area contributed by atoms with Crippen molar-refractivity contribution in [3.05, 3.63) is 54.5 Å². The number of nitrogens with zero attached hydrogens (tertiary/aromatic N) is 2. The van der Waals surface area contributed by atoms with Crippen LogP contribution in [0.4, 0.5) is 5.69 Å². The van der Waals surface area contributed by atoms with Crippen molar-refractivity contribution < 1.29 is 23.9 Å². The third-order valence-electron chi connectivity index (χ3n) is 3.60. The number of aryl methyl sites for hydroxylation is 1. The van der Waals surface area contributed by atoms with Crippen LogP contribution in [-0.2, 0) is 4.79 Å². The van der Waals surface area contributed by atoms with Crippen molar-refractivity contribution >= 4 is 49.7 Å². The number of fused-ring (bicyclic) bond motifs is 1. The molecule has 0 unspecified atom stereocenters. The highest BCUT2D eigenvalue weighted by Gasteiger charge is 2.22. The maximum Gasteiger partial charge on any atom is 0.282 e. The van der Waals surface area contributed by atoms with Gasteiger partial charge in [0.05, 0.1) is 31.7 Å². The topological polar surface area (TPSA) is 112 Å². The number of rotatable bonds is 6. The van der Waals surface area contributed by atoms with Crippen LogP contribution in [0.1, 0.15) is 11.1 Å². The maximum absolute atomic E-state index is 11.9. The minimum absolute atomic E-state index is 0.00864. The van der Waals surface area contributed by atoms with Gasteiger partial charge in [-0.3, -0.25) is 14.9 Å². The van der Waals surface area contributed by atoms with E-state index in [1.165, 1.54) is 12.1 Å².